The van der Waals surface area contributed by atoms with E-state index in [9.17, 15) is 28.5 Å². The summed E-state index contributed by atoms with van der Waals surface area (Å²) >= 11 is 0. The van der Waals surface area contributed by atoms with Crippen molar-refractivity contribution in [1.82, 2.24) is 0 Å². The van der Waals surface area contributed by atoms with E-state index in [2.05, 4.69) is 19.6 Å². The molecule has 2 saturated carbocycles. The van der Waals surface area contributed by atoms with Crippen LogP contribution in [0.4, 0.5) is 13.2 Å². The summed E-state index contributed by atoms with van der Waals surface area (Å²) in [5, 5.41) is 30.3. The molecule has 0 heterocycles. The molecule has 4 rings (SSSR count). The molecule has 6 heteroatoms. The number of hydrogen-bond acceptors (Lipinski definition) is 3. The van der Waals surface area contributed by atoms with Crippen LogP contribution in [-0.4, -0.2) is 33.7 Å². The number of aliphatic hydroxyl groups excluding tert-OH is 2. The van der Waals surface area contributed by atoms with Crippen molar-refractivity contribution in [2.75, 3.05) is 0 Å². The molecular weight excluding hydrogens is 429 g/mol. The first-order chi connectivity index (χ1) is 15.5. The number of aliphatic hydroxyl groups is 2. The van der Waals surface area contributed by atoms with Crippen molar-refractivity contribution >= 4 is 0 Å². The van der Waals surface area contributed by atoms with E-state index < -0.39 is 12.3 Å². The third kappa shape index (κ3) is 4.22. The minimum absolute atomic E-state index is 0.119. The van der Waals surface area contributed by atoms with Gasteiger partial charge in [0.1, 0.15) is 11.9 Å². The molecule has 0 aliphatic heterocycles. The average molecular weight is 467 g/mol. The van der Waals surface area contributed by atoms with Gasteiger partial charge in [0.2, 0.25) is 0 Å². The molecule has 0 radical (unpaired) electrons. The maximum Gasteiger partial charge on any atom is 0.414 e. The number of benzene rings is 1. The third-order valence-electron chi connectivity index (χ3n) is 9.29. The molecule has 0 amide bonds. The maximum atomic E-state index is 12.6. The number of fused-ring (bicyclic) bond motifs is 5. The summed E-state index contributed by atoms with van der Waals surface area (Å²) < 4.78 is 37.8. The number of aryl methyl sites for hydroxylation is 1. The number of allylic oxidation sites excluding steroid dienone is 1. The SMILES string of the molecule is C=C[C@@]12CCc3cc(O)ccc3[C@H]1C(CCCCCC(O)C(F)(F)F)C[C@@]1(C)[C@H]2CC[C@@H]1O. The number of phenolic OH excluding ortho intramolecular Hbond substituents is 1. The van der Waals surface area contributed by atoms with Crippen LogP contribution in [0, 0.1) is 22.7 Å². The third-order valence-corrected chi connectivity index (χ3v) is 9.29. The minimum Gasteiger partial charge on any atom is -0.508 e. The number of phenols is 1. The van der Waals surface area contributed by atoms with Gasteiger partial charge in [-0.15, -0.1) is 6.58 Å². The molecule has 3 N–H and O–H groups in total. The Bertz CT molecular complexity index is 869. The molecule has 1 aromatic rings. The van der Waals surface area contributed by atoms with Crippen molar-refractivity contribution in [3.8, 4) is 5.75 Å². The van der Waals surface area contributed by atoms with Crippen LogP contribution in [0.5, 0.6) is 5.75 Å². The first-order valence-corrected chi connectivity index (χ1v) is 12.4. The normalized spacial score (nSPS) is 36.5. The molecule has 3 aliphatic rings. The van der Waals surface area contributed by atoms with Gasteiger partial charge in [0.25, 0.3) is 0 Å². The Kier molecular flexibility index (Phi) is 6.65. The summed E-state index contributed by atoms with van der Waals surface area (Å²) in [6.45, 7) is 6.51. The number of hydrogen-bond donors (Lipinski definition) is 3. The van der Waals surface area contributed by atoms with Crippen LogP contribution < -0.4 is 0 Å². The predicted octanol–water partition coefficient (Wildman–Crippen LogP) is 6.27. The van der Waals surface area contributed by atoms with Gasteiger partial charge in [-0.25, -0.2) is 0 Å². The summed E-state index contributed by atoms with van der Waals surface area (Å²) in [4.78, 5) is 0. The maximum absolute atomic E-state index is 12.6. The lowest BCUT2D eigenvalue weighted by Crippen LogP contribution is -2.54. The van der Waals surface area contributed by atoms with E-state index in [1.165, 1.54) is 11.1 Å². The van der Waals surface area contributed by atoms with Crippen LogP contribution in [0.2, 0.25) is 0 Å². The lowest BCUT2D eigenvalue weighted by molar-refractivity contribution is -0.205. The van der Waals surface area contributed by atoms with Crippen LogP contribution in [0.15, 0.2) is 30.9 Å². The van der Waals surface area contributed by atoms with E-state index in [-0.39, 0.29) is 40.9 Å². The Hall–Kier alpha value is -1.53. The quantitative estimate of drug-likeness (QED) is 0.328. The van der Waals surface area contributed by atoms with E-state index in [1.807, 2.05) is 12.1 Å². The van der Waals surface area contributed by atoms with Crippen LogP contribution >= 0.6 is 0 Å². The average Bonchev–Trinajstić information content (AvgIpc) is 3.06. The number of rotatable bonds is 7. The largest absolute Gasteiger partial charge is 0.508 e. The molecule has 33 heavy (non-hydrogen) atoms. The van der Waals surface area contributed by atoms with Gasteiger partial charge in [0, 0.05) is 0 Å². The zero-order valence-corrected chi connectivity index (χ0v) is 19.4. The van der Waals surface area contributed by atoms with Gasteiger partial charge in [-0.05, 0) is 96.8 Å². The van der Waals surface area contributed by atoms with Crippen LogP contribution in [-0.2, 0) is 6.42 Å². The number of halogens is 3. The van der Waals surface area contributed by atoms with E-state index in [0.717, 1.165) is 44.9 Å². The van der Waals surface area contributed by atoms with E-state index in [4.69, 9.17) is 0 Å². The van der Waals surface area contributed by atoms with Gasteiger partial charge >= 0.3 is 6.18 Å². The number of unbranched alkanes of at least 4 members (excludes halogenated alkanes) is 2. The van der Waals surface area contributed by atoms with Gasteiger partial charge < -0.3 is 15.3 Å². The fourth-order valence-corrected chi connectivity index (χ4v) is 7.78. The van der Waals surface area contributed by atoms with Gasteiger partial charge in [-0.1, -0.05) is 38.3 Å². The fraction of sp³-hybridized carbons (Fsp3) is 0.704. The molecule has 1 aromatic carbocycles. The molecule has 0 bridgehead atoms. The van der Waals surface area contributed by atoms with Gasteiger partial charge in [0.15, 0.2) is 0 Å². The van der Waals surface area contributed by atoms with E-state index in [1.54, 1.807) is 6.07 Å². The lowest BCUT2D eigenvalue weighted by Gasteiger charge is -2.60. The highest BCUT2D eigenvalue weighted by Gasteiger charge is 2.63. The van der Waals surface area contributed by atoms with Crippen molar-refractivity contribution in [2.24, 2.45) is 22.7 Å². The monoisotopic (exact) mass is 466 g/mol. The van der Waals surface area contributed by atoms with Crippen LogP contribution in [0.1, 0.15) is 81.8 Å². The van der Waals surface area contributed by atoms with Gasteiger partial charge in [-0.3, -0.25) is 0 Å². The number of aromatic hydroxyl groups is 1. The topological polar surface area (TPSA) is 60.7 Å². The second-order valence-electron chi connectivity index (χ2n) is 11.0. The van der Waals surface area contributed by atoms with Gasteiger partial charge in [-0.2, -0.15) is 13.2 Å². The Morgan fingerprint density at radius 2 is 1.97 bits per heavy atom. The van der Waals surface area contributed by atoms with Gasteiger partial charge in [0.05, 0.1) is 6.10 Å². The lowest BCUT2D eigenvalue weighted by atomic mass is 9.44. The second kappa shape index (κ2) is 8.92. The Morgan fingerprint density at radius 3 is 2.67 bits per heavy atom. The second-order valence-corrected chi connectivity index (χ2v) is 11.0. The van der Waals surface area contributed by atoms with Crippen LogP contribution in [0.25, 0.3) is 0 Å². The molecule has 7 atom stereocenters. The number of alkyl halides is 3. The molecule has 2 unspecified atom stereocenters. The van der Waals surface area contributed by atoms with Crippen molar-refractivity contribution in [3.05, 3.63) is 42.0 Å². The summed E-state index contributed by atoms with van der Waals surface area (Å²) in [7, 11) is 0. The molecular formula is C27H37F3O3. The highest BCUT2D eigenvalue weighted by atomic mass is 19.4. The van der Waals surface area contributed by atoms with E-state index in [0.29, 0.717) is 18.8 Å². The molecule has 184 valence electrons. The smallest absolute Gasteiger partial charge is 0.414 e. The summed E-state index contributed by atoms with van der Waals surface area (Å²) in [5.74, 6) is 1.15. The van der Waals surface area contributed by atoms with E-state index >= 15 is 0 Å². The fourth-order valence-electron chi connectivity index (χ4n) is 7.78. The molecule has 0 spiro atoms. The predicted molar refractivity (Wildman–Crippen MR) is 122 cm³/mol. The van der Waals surface area contributed by atoms with Crippen molar-refractivity contribution in [3.63, 3.8) is 0 Å². The molecule has 2 fully saturated rings. The minimum atomic E-state index is -4.55. The Labute approximate surface area is 194 Å². The van der Waals surface area contributed by atoms with Crippen molar-refractivity contribution in [2.45, 2.75) is 95.4 Å². The molecule has 0 aromatic heterocycles. The first-order valence-electron chi connectivity index (χ1n) is 12.4. The summed E-state index contributed by atoms with van der Waals surface area (Å²) in [5.41, 5.74) is 2.14. The van der Waals surface area contributed by atoms with Crippen LogP contribution in [0.3, 0.4) is 0 Å². The Morgan fingerprint density at radius 1 is 1.21 bits per heavy atom. The highest BCUT2D eigenvalue weighted by Crippen LogP contribution is 2.69. The molecule has 0 saturated heterocycles. The summed E-state index contributed by atoms with van der Waals surface area (Å²) in [6.07, 6.45) is 1.89. The zero-order valence-electron chi connectivity index (χ0n) is 19.4. The first kappa shape index (κ1) is 24.6. The highest BCUT2D eigenvalue weighted by molar-refractivity contribution is 5.43. The summed E-state index contributed by atoms with van der Waals surface area (Å²) in [6, 6.07) is 5.67. The zero-order chi connectivity index (χ0) is 24.0. The Balaban J connectivity index is 1.57. The standard InChI is InChI=1S/C27H37F3O3/c1-3-26-14-13-17-15-19(31)9-10-20(17)24(26)18(16-25(2)21(26)11-12-22(25)32)7-5-4-6-8-23(33)27(28,29)30/h3,9-10,15,18,21-24,31-33H,1,4-8,11-14,16H2,2H3/t18?,21-,22+,23?,24-,25+,26+/m1/s1. The van der Waals surface area contributed by atoms with Crippen molar-refractivity contribution in [1.29, 1.82) is 0 Å². The molecule has 3 nitrogen and oxygen atoms in total. The molecule has 3 aliphatic carbocycles. The van der Waals surface area contributed by atoms with Crippen molar-refractivity contribution < 1.29 is 28.5 Å².